The lowest BCUT2D eigenvalue weighted by atomic mass is 9.85. The molecule has 1 aliphatic heterocycles. The molecule has 10 amide bonds. The summed E-state index contributed by atoms with van der Waals surface area (Å²) in [6.45, 7) is 19.4. The molecule has 1 unspecified atom stereocenters. The SMILES string of the molecule is CCCC(C)(NC(=O)C(C)(C)NC(=O)[C@H](CC(C)C)NC(=O)[C@H](CCC1CCCCC1)N(C=O)[C@@H]1CCCN1C(=O)c1ccc(F)cc1)C(=O)N[C@@H](CC(C)C)C(=O)NC(C)(C)C(=O)NC(C)(C)C(=O)NCCC(=O)NCCN(C)CC(F)F. The molecule has 0 bridgehead atoms. The fourth-order valence-electron chi connectivity index (χ4n) is 10.5. The van der Waals surface area contributed by atoms with Gasteiger partial charge < -0.3 is 52.3 Å². The normalized spacial score (nSPS) is 16.9. The standard InChI is InChI=1S/C60H98F3N11O10/c1-14-29-60(12,56(84)67-44(35-39(4)5)50(78)69-58(8,9)54(82)70-57(6,7)53(81)65-30-28-47(76)64-31-33-72(13)36-46(62)63)71-55(83)59(10,11)68-49(77)43(34-38(2)3)66-51(79)45(27-22-40-19-16-15-17-20-40)74(37-75)48-21-18-32-73(48)52(80)41-23-25-42(61)26-24-41/h23-26,37-40,43-46,48H,14-22,27-36H2,1-13H3,(H,64,76)(H,65,81)(H,66,79)(H,67,84)(H,68,77)(H,69,78)(H,70,82)(H,71,83)/t43-,44-,45-,48+,60?/m0/s1. The number of benzene rings is 1. The molecule has 24 heteroatoms. The highest BCUT2D eigenvalue weighted by molar-refractivity contribution is 6.01. The highest BCUT2D eigenvalue weighted by Crippen LogP contribution is 2.31. The van der Waals surface area contributed by atoms with Gasteiger partial charge in [0.1, 0.15) is 52.3 Å². The number of alkyl halides is 2. The Balaban J connectivity index is 1.76. The van der Waals surface area contributed by atoms with Gasteiger partial charge in [-0.1, -0.05) is 73.1 Å². The fraction of sp³-hybridized carbons (Fsp3) is 0.733. The van der Waals surface area contributed by atoms with Crippen molar-refractivity contribution in [1.82, 2.24) is 57.2 Å². The van der Waals surface area contributed by atoms with Crippen LogP contribution in [0.5, 0.6) is 0 Å². The van der Waals surface area contributed by atoms with Crippen LogP contribution in [0, 0.1) is 23.6 Å². The third-order valence-electron chi connectivity index (χ3n) is 15.5. The van der Waals surface area contributed by atoms with E-state index in [4.69, 9.17) is 0 Å². The zero-order chi connectivity index (χ0) is 63.3. The summed E-state index contributed by atoms with van der Waals surface area (Å²) in [6.07, 6.45) is 4.93. The van der Waals surface area contributed by atoms with E-state index in [2.05, 4.69) is 42.5 Å². The van der Waals surface area contributed by atoms with Crippen LogP contribution < -0.4 is 42.5 Å². The first kappa shape index (κ1) is 71.9. The van der Waals surface area contributed by atoms with Gasteiger partial charge in [-0.2, -0.15) is 0 Å². The first-order valence-corrected chi connectivity index (χ1v) is 29.9. The largest absolute Gasteiger partial charge is 0.355 e. The monoisotopic (exact) mass is 1190 g/mol. The average Bonchev–Trinajstić information content (AvgIpc) is 2.48. The van der Waals surface area contributed by atoms with Crippen LogP contribution in [0.15, 0.2) is 24.3 Å². The Labute approximate surface area is 495 Å². The Bertz CT molecular complexity index is 2400. The maximum Gasteiger partial charge on any atom is 0.255 e. The Morgan fingerprint density at radius 3 is 1.76 bits per heavy atom. The van der Waals surface area contributed by atoms with Gasteiger partial charge in [-0.25, -0.2) is 13.2 Å². The van der Waals surface area contributed by atoms with E-state index in [0.717, 1.165) is 32.1 Å². The Morgan fingerprint density at radius 1 is 0.679 bits per heavy atom. The number of likely N-dealkylation sites (N-methyl/N-ethyl adjacent to an activating group) is 1. The molecule has 1 saturated heterocycles. The van der Waals surface area contributed by atoms with Gasteiger partial charge in [-0.05, 0) is 142 Å². The summed E-state index contributed by atoms with van der Waals surface area (Å²) in [4.78, 5) is 143. The number of carbonyl (C=O) groups excluding carboxylic acids is 10. The number of rotatable bonds is 34. The summed E-state index contributed by atoms with van der Waals surface area (Å²) in [6, 6.07) is 1.65. The van der Waals surface area contributed by atoms with Crippen LogP contribution in [0.25, 0.3) is 0 Å². The van der Waals surface area contributed by atoms with Gasteiger partial charge in [-0.3, -0.25) is 52.8 Å². The molecule has 2 fully saturated rings. The van der Waals surface area contributed by atoms with E-state index < -0.39 is 118 Å². The Hall–Kier alpha value is -6.33. The molecule has 1 aromatic rings. The summed E-state index contributed by atoms with van der Waals surface area (Å²) in [5, 5.41) is 21.8. The lowest BCUT2D eigenvalue weighted by Crippen LogP contribution is -2.67. The smallest absolute Gasteiger partial charge is 0.255 e. The molecule has 474 valence electrons. The number of nitrogens with zero attached hydrogens (tertiary/aromatic N) is 3. The fourth-order valence-corrected chi connectivity index (χ4v) is 10.5. The van der Waals surface area contributed by atoms with E-state index >= 15 is 0 Å². The Morgan fingerprint density at radius 2 is 1.23 bits per heavy atom. The molecule has 0 aromatic heterocycles. The number of amides is 10. The van der Waals surface area contributed by atoms with E-state index in [0.29, 0.717) is 44.6 Å². The van der Waals surface area contributed by atoms with Crippen LogP contribution in [-0.2, 0) is 43.2 Å². The van der Waals surface area contributed by atoms with Gasteiger partial charge in [-0.15, -0.1) is 0 Å². The Kier molecular flexibility index (Phi) is 28.1. The van der Waals surface area contributed by atoms with E-state index in [1.54, 1.807) is 6.92 Å². The van der Waals surface area contributed by atoms with Crippen LogP contribution in [0.1, 0.15) is 183 Å². The van der Waals surface area contributed by atoms with Gasteiger partial charge in [0.15, 0.2) is 0 Å². The minimum Gasteiger partial charge on any atom is -0.355 e. The quantitative estimate of drug-likeness (QED) is 0.0434. The molecule has 1 saturated carbocycles. The number of carbonyl (C=O) groups is 10. The van der Waals surface area contributed by atoms with Crippen molar-refractivity contribution in [2.45, 2.75) is 226 Å². The molecule has 8 N–H and O–H groups in total. The second kappa shape index (κ2) is 32.8. The van der Waals surface area contributed by atoms with Crippen molar-refractivity contribution in [3.05, 3.63) is 35.6 Å². The molecule has 1 aliphatic carbocycles. The number of likely N-dealkylation sites (tertiary alicyclic amines) is 1. The predicted octanol–water partition coefficient (Wildman–Crippen LogP) is 4.82. The number of hydrogen-bond acceptors (Lipinski definition) is 11. The first-order chi connectivity index (χ1) is 39.2. The molecule has 1 heterocycles. The predicted molar refractivity (Wildman–Crippen MR) is 313 cm³/mol. The van der Waals surface area contributed by atoms with Crippen LogP contribution in [0.4, 0.5) is 13.2 Å². The van der Waals surface area contributed by atoms with Crippen molar-refractivity contribution in [2.24, 2.45) is 17.8 Å². The van der Waals surface area contributed by atoms with Crippen molar-refractivity contribution < 1.29 is 61.1 Å². The van der Waals surface area contributed by atoms with Crippen molar-refractivity contribution in [1.29, 1.82) is 0 Å². The number of halogens is 3. The first-order valence-electron chi connectivity index (χ1n) is 29.9. The van der Waals surface area contributed by atoms with Crippen molar-refractivity contribution in [3.8, 4) is 0 Å². The number of hydrogen-bond donors (Lipinski definition) is 8. The zero-order valence-electron chi connectivity index (χ0n) is 52.0. The summed E-state index contributed by atoms with van der Waals surface area (Å²) in [5.74, 6) is -6.19. The highest BCUT2D eigenvalue weighted by Gasteiger charge is 2.45. The van der Waals surface area contributed by atoms with Crippen molar-refractivity contribution in [3.63, 3.8) is 0 Å². The second-order valence-corrected chi connectivity index (χ2v) is 25.5. The van der Waals surface area contributed by atoms with E-state index in [9.17, 15) is 61.1 Å². The molecule has 2 aliphatic rings. The molecular weight excluding hydrogens is 1090 g/mol. The average molecular weight is 1190 g/mol. The van der Waals surface area contributed by atoms with E-state index in [1.807, 2.05) is 27.7 Å². The summed E-state index contributed by atoms with van der Waals surface area (Å²) in [5.41, 5.74) is -6.28. The van der Waals surface area contributed by atoms with Crippen LogP contribution in [-0.4, -0.2) is 167 Å². The van der Waals surface area contributed by atoms with Gasteiger partial charge in [0.25, 0.3) is 12.3 Å². The molecular formula is C60H98F3N11O10. The van der Waals surface area contributed by atoms with Crippen LogP contribution in [0.3, 0.4) is 0 Å². The van der Waals surface area contributed by atoms with E-state index in [-0.39, 0.29) is 69.1 Å². The van der Waals surface area contributed by atoms with Crippen molar-refractivity contribution >= 4 is 59.6 Å². The minimum absolute atomic E-state index is 0.0880. The van der Waals surface area contributed by atoms with Gasteiger partial charge in [0, 0.05) is 38.2 Å². The second-order valence-electron chi connectivity index (χ2n) is 25.5. The molecule has 84 heavy (non-hydrogen) atoms. The maximum atomic E-state index is 14.7. The van der Waals surface area contributed by atoms with Gasteiger partial charge in [0.2, 0.25) is 53.7 Å². The summed E-state index contributed by atoms with van der Waals surface area (Å²) < 4.78 is 39.0. The topological polar surface area (TPSA) is 277 Å². The number of nitrogens with one attached hydrogen (secondary N) is 8. The van der Waals surface area contributed by atoms with Crippen molar-refractivity contribution in [2.75, 3.05) is 39.8 Å². The molecule has 21 nitrogen and oxygen atoms in total. The third-order valence-corrected chi connectivity index (χ3v) is 15.5. The molecule has 0 radical (unpaired) electrons. The minimum atomic E-state index is -2.51. The maximum absolute atomic E-state index is 14.7. The van der Waals surface area contributed by atoms with Gasteiger partial charge >= 0.3 is 0 Å². The third kappa shape index (κ3) is 22.6. The zero-order valence-corrected chi connectivity index (χ0v) is 52.0. The molecule has 1 aromatic carbocycles. The van der Waals surface area contributed by atoms with E-state index in [1.165, 1.54) is 94.5 Å². The van der Waals surface area contributed by atoms with Crippen LogP contribution >= 0.6 is 0 Å². The summed E-state index contributed by atoms with van der Waals surface area (Å²) in [7, 11) is 1.50. The molecule has 5 atom stereocenters. The van der Waals surface area contributed by atoms with Gasteiger partial charge in [0.05, 0.1) is 6.54 Å². The highest BCUT2D eigenvalue weighted by atomic mass is 19.3. The lowest BCUT2D eigenvalue weighted by molar-refractivity contribution is -0.141. The molecule has 0 spiro atoms. The van der Waals surface area contributed by atoms with Crippen LogP contribution in [0.2, 0.25) is 0 Å². The molecule has 3 rings (SSSR count). The lowest BCUT2D eigenvalue weighted by Gasteiger charge is -2.39. The summed E-state index contributed by atoms with van der Waals surface area (Å²) >= 11 is 0.